The van der Waals surface area contributed by atoms with Crippen LogP contribution in [0.25, 0.3) is 22.0 Å². The van der Waals surface area contributed by atoms with Crippen LogP contribution in [0.4, 0.5) is 5.13 Å². The van der Waals surface area contributed by atoms with Crippen LogP contribution < -0.4 is 5.01 Å². The van der Waals surface area contributed by atoms with E-state index in [1.54, 1.807) is 11.3 Å². The van der Waals surface area contributed by atoms with Gasteiger partial charge in [-0.05, 0) is 47.0 Å². The first-order valence-electron chi connectivity index (χ1n) is 11.3. The van der Waals surface area contributed by atoms with Crippen molar-refractivity contribution in [2.45, 2.75) is 19.4 Å². The average molecular weight is 480 g/mol. The molecule has 0 fully saturated rings. The van der Waals surface area contributed by atoms with Gasteiger partial charge in [-0.25, -0.2) is 9.99 Å². The Balaban J connectivity index is 1.38. The number of anilines is 1. The zero-order chi connectivity index (χ0) is 23.1. The SMILES string of the molecule is Cc1ccc(C2=NN(c3nc(-c4ccc5ccccc5c4)cs3)[C@@H](c3ccc(Cl)cc3)C2)cc1. The van der Waals surface area contributed by atoms with Gasteiger partial charge in [0.05, 0.1) is 17.4 Å². The molecular weight excluding hydrogens is 458 g/mol. The number of rotatable bonds is 4. The summed E-state index contributed by atoms with van der Waals surface area (Å²) in [4.78, 5) is 5.02. The molecule has 0 amide bonds. The number of benzene rings is 4. The Hall–Kier alpha value is -3.47. The molecule has 1 aliphatic rings. The molecule has 2 heterocycles. The lowest BCUT2D eigenvalue weighted by Crippen LogP contribution is -2.18. The first-order chi connectivity index (χ1) is 16.6. The molecule has 0 unspecified atom stereocenters. The summed E-state index contributed by atoms with van der Waals surface area (Å²) in [5.41, 5.74) is 6.73. The number of fused-ring (bicyclic) bond motifs is 1. The van der Waals surface area contributed by atoms with Crippen LogP contribution in [-0.4, -0.2) is 10.7 Å². The number of hydrazone groups is 1. The highest BCUT2D eigenvalue weighted by Crippen LogP contribution is 2.40. The maximum Gasteiger partial charge on any atom is 0.207 e. The molecule has 0 N–H and O–H groups in total. The second-order valence-corrected chi connectivity index (χ2v) is 9.88. The van der Waals surface area contributed by atoms with Crippen LogP contribution in [0, 0.1) is 6.92 Å². The third-order valence-corrected chi connectivity index (χ3v) is 7.37. The second kappa shape index (κ2) is 8.71. The number of nitrogens with zero attached hydrogens (tertiary/aromatic N) is 3. The first-order valence-corrected chi connectivity index (χ1v) is 12.5. The standard InChI is InChI=1S/C29H22ClN3S/c1-19-6-8-21(9-7-19)26-17-28(22-12-14-25(30)15-13-22)33(32-26)29-31-27(18-34-29)24-11-10-20-4-2-3-5-23(20)16-24/h2-16,18,28H,17H2,1H3/t28-/m1/s1. The predicted molar refractivity (Wildman–Crippen MR) is 144 cm³/mol. The number of hydrogen-bond acceptors (Lipinski definition) is 4. The molecule has 0 aliphatic carbocycles. The van der Waals surface area contributed by atoms with E-state index in [-0.39, 0.29) is 6.04 Å². The third-order valence-electron chi connectivity index (χ3n) is 6.28. The molecule has 1 atom stereocenters. The monoisotopic (exact) mass is 479 g/mol. The summed E-state index contributed by atoms with van der Waals surface area (Å²) >= 11 is 7.80. The van der Waals surface area contributed by atoms with Crippen molar-refractivity contribution in [2.24, 2.45) is 5.10 Å². The van der Waals surface area contributed by atoms with Crippen LogP contribution in [-0.2, 0) is 0 Å². The Morgan fingerprint density at radius 1 is 0.853 bits per heavy atom. The quantitative estimate of drug-likeness (QED) is 0.259. The maximum absolute atomic E-state index is 6.17. The molecule has 166 valence electrons. The molecule has 0 radical (unpaired) electrons. The highest BCUT2D eigenvalue weighted by molar-refractivity contribution is 7.14. The number of hydrogen-bond donors (Lipinski definition) is 0. The molecule has 0 spiro atoms. The lowest BCUT2D eigenvalue weighted by Gasteiger charge is -2.21. The molecule has 1 aromatic heterocycles. The van der Waals surface area contributed by atoms with E-state index >= 15 is 0 Å². The summed E-state index contributed by atoms with van der Waals surface area (Å²) < 4.78 is 0. The number of aryl methyl sites for hydroxylation is 1. The Morgan fingerprint density at radius 2 is 1.59 bits per heavy atom. The molecule has 4 aromatic carbocycles. The van der Waals surface area contributed by atoms with Gasteiger partial charge in [-0.3, -0.25) is 0 Å². The van der Waals surface area contributed by atoms with Gasteiger partial charge in [0.25, 0.3) is 0 Å². The van der Waals surface area contributed by atoms with Crippen molar-refractivity contribution in [3.63, 3.8) is 0 Å². The maximum atomic E-state index is 6.17. The van der Waals surface area contributed by atoms with E-state index in [2.05, 4.69) is 96.2 Å². The van der Waals surface area contributed by atoms with Crippen LogP contribution in [0.5, 0.6) is 0 Å². The first kappa shape index (κ1) is 21.1. The molecule has 34 heavy (non-hydrogen) atoms. The van der Waals surface area contributed by atoms with E-state index in [1.807, 2.05) is 12.1 Å². The van der Waals surface area contributed by atoms with E-state index in [4.69, 9.17) is 21.7 Å². The van der Waals surface area contributed by atoms with E-state index in [9.17, 15) is 0 Å². The third kappa shape index (κ3) is 4.00. The Kier molecular flexibility index (Phi) is 5.40. The highest BCUT2D eigenvalue weighted by Gasteiger charge is 2.31. The topological polar surface area (TPSA) is 28.5 Å². The number of aromatic nitrogens is 1. The normalized spacial score (nSPS) is 15.6. The molecule has 0 saturated carbocycles. The number of thiazole rings is 1. The number of halogens is 1. The molecule has 6 rings (SSSR count). The Labute approximate surface area is 208 Å². The van der Waals surface area contributed by atoms with Gasteiger partial charge in [0.2, 0.25) is 5.13 Å². The largest absolute Gasteiger partial charge is 0.231 e. The van der Waals surface area contributed by atoms with E-state index in [1.165, 1.54) is 21.9 Å². The van der Waals surface area contributed by atoms with Crippen molar-refractivity contribution in [1.29, 1.82) is 0 Å². The van der Waals surface area contributed by atoms with Crippen molar-refractivity contribution in [1.82, 2.24) is 4.98 Å². The van der Waals surface area contributed by atoms with Crippen LogP contribution in [0.15, 0.2) is 101 Å². The minimum atomic E-state index is 0.0733. The zero-order valence-corrected chi connectivity index (χ0v) is 20.2. The second-order valence-electron chi connectivity index (χ2n) is 8.61. The summed E-state index contributed by atoms with van der Waals surface area (Å²) in [5, 5.41) is 13.3. The van der Waals surface area contributed by atoms with Crippen LogP contribution in [0.3, 0.4) is 0 Å². The summed E-state index contributed by atoms with van der Waals surface area (Å²) in [5.74, 6) is 0. The van der Waals surface area contributed by atoms with E-state index in [0.29, 0.717) is 0 Å². The van der Waals surface area contributed by atoms with Crippen molar-refractivity contribution in [3.8, 4) is 11.3 Å². The van der Waals surface area contributed by atoms with Crippen molar-refractivity contribution in [2.75, 3.05) is 5.01 Å². The summed E-state index contributed by atoms with van der Waals surface area (Å²) in [6.07, 6.45) is 0.815. The Bertz CT molecular complexity index is 1500. The minimum absolute atomic E-state index is 0.0733. The summed E-state index contributed by atoms with van der Waals surface area (Å²) in [7, 11) is 0. The van der Waals surface area contributed by atoms with Crippen molar-refractivity contribution < 1.29 is 0 Å². The smallest absolute Gasteiger partial charge is 0.207 e. The zero-order valence-electron chi connectivity index (χ0n) is 18.6. The minimum Gasteiger partial charge on any atom is -0.231 e. The molecule has 5 aromatic rings. The van der Waals surface area contributed by atoms with Crippen LogP contribution in [0.2, 0.25) is 5.02 Å². The van der Waals surface area contributed by atoms with Gasteiger partial charge in [-0.1, -0.05) is 90.0 Å². The van der Waals surface area contributed by atoms with E-state index in [0.717, 1.165) is 39.1 Å². The van der Waals surface area contributed by atoms with E-state index < -0.39 is 0 Å². The van der Waals surface area contributed by atoms with Gasteiger partial charge in [0.15, 0.2) is 0 Å². The van der Waals surface area contributed by atoms with Gasteiger partial charge in [-0.2, -0.15) is 5.10 Å². The van der Waals surface area contributed by atoms with Gasteiger partial charge in [0.1, 0.15) is 0 Å². The lowest BCUT2D eigenvalue weighted by molar-refractivity contribution is 0.706. The van der Waals surface area contributed by atoms with Crippen LogP contribution in [0.1, 0.15) is 29.2 Å². The van der Waals surface area contributed by atoms with Crippen molar-refractivity contribution >= 4 is 44.6 Å². The van der Waals surface area contributed by atoms with Gasteiger partial charge in [-0.15, -0.1) is 11.3 Å². The average Bonchev–Trinajstić information content (AvgIpc) is 3.53. The fraction of sp³-hybridized carbons (Fsp3) is 0.103. The predicted octanol–water partition coefficient (Wildman–Crippen LogP) is 8.28. The van der Waals surface area contributed by atoms with Gasteiger partial charge >= 0.3 is 0 Å². The summed E-state index contributed by atoms with van der Waals surface area (Å²) in [6.45, 7) is 2.10. The molecule has 1 aliphatic heterocycles. The highest BCUT2D eigenvalue weighted by atomic mass is 35.5. The van der Waals surface area contributed by atoms with Crippen molar-refractivity contribution in [3.05, 3.63) is 118 Å². The fourth-order valence-electron chi connectivity index (χ4n) is 4.40. The molecule has 3 nitrogen and oxygen atoms in total. The van der Waals surface area contributed by atoms with Gasteiger partial charge in [0, 0.05) is 22.4 Å². The molecule has 0 bridgehead atoms. The van der Waals surface area contributed by atoms with Crippen LogP contribution >= 0.6 is 22.9 Å². The fourth-order valence-corrected chi connectivity index (χ4v) is 5.36. The molecule has 5 heteroatoms. The van der Waals surface area contributed by atoms with Gasteiger partial charge < -0.3 is 0 Å². The molecule has 0 saturated heterocycles. The Morgan fingerprint density at radius 3 is 2.38 bits per heavy atom. The lowest BCUT2D eigenvalue weighted by atomic mass is 9.98. The summed E-state index contributed by atoms with van der Waals surface area (Å²) in [6, 6.07) is 31.6. The molecular formula is C29H22ClN3S.